The molecule has 2 aromatic heterocycles. The van der Waals surface area contributed by atoms with Gasteiger partial charge in [-0.25, -0.2) is 9.48 Å². The van der Waals surface area contributed by atoms with Gasteiger partial charge in [-0.2, -0.15) is 5.10 Å². The van der Waals surface area contributed by atoms with E-state index in [9.17, 15) is 9.59 Å². The van der Waals surface area contributed by atoms with Crippen molar-refractivity contribution >= 4 is 34.5 Å². The minimum atomic E-state index is -0.738. The number of carbonyl (C=O) groups is 1. The number of para-hydroxylation sites is 1. The van der Waals surface area contributed by atoms with Crippen LogP contribution in [0.3, 0.4) is 0 Å². The Morgan fingerprint density at radius 3 is 2.71 bits per heavy atom. The second-order valence-corrected chi connectivity index (χ2v) is 5.74. The van der Waals surface area contributed by atoms with E-state index in [1.807, 2.05) is 36.6 Å². The number of esters is 1. The van der Waals surface area contributed by atoms with E-state index in [4.69, 9.17) is 10.5 Å². The van der Waals surface area contributed by atoms with E-state index in [0.717, 1.165) is 5.69 Å². The Bertz CT molecular complexity index is 963. The molecule has 0 aliphatic rings. The van der Waals surface area contributed by atoms with Crippen LogP contribution in [0.2, 0.25) is 0 Å². The molecule has 24 heavy (non-hydrogen) atoms. The average molecular weight is 344 g/mol. The van der Waals surface area contributed by atoms with Crippen molar-refractivity contribution in [2.45, 2.75) is 11.9 Å². The molecule has 124 valence electrons. The van der Waals surface area contributed by atoms with Crippen molar-refractivity contribution in [2.75, 3.05) is 18.6 Å². The van der Waals surface area contributed by atoms with Gasteiger partial charge < -0.3 is 15.5 Å². The average Bonchev–Trinajstić information content (AvgIpc) is 2.94. The predicted molar refractivity (Wildman–Crippen MR) is 93.8 cm³/mol. The molecule has 3 aromatic rings. The molecule has 3 N–H and O–H groups in total. The number of thioether (sulfide) groups is 1. The number of nitrogen functional groups attached to an aromatic ring is 1. The Balaban J connectivity index is 2.34. The molecule has 8 heteroatoms. The highest BCUT2D eigenvalue weighted by Gasteiger charge is 2.24. The predicted octanol–water partition coefficient (Wildman–Crippen LogP) is 2.19. The smallest absolute Gasteiger partial charge is 0.345 e. The van der Waals surface area contributed by atoms with Gasteiger partial charge in [0.15, 0.2) is 0 Å². The molecule has 1 aromatic carbocycles. The first kappa shape index (κ1) is 16.1. The first-order chi connectivity index (χ1) is 11.6. The number of H-pyrrole nitrogens is 1. The molecule has 0 fully saturated rings. The Hall–Kier alpha value is -2.74. The Morgan fingerprint density at radius 1 is 1.38 bits per heavy atom. The summed E-state index contributed by atoms with van der Waals surface area (Å²) in [5.41, 5.74) is 6.66. The monoisotopic (exact) mass is 344 g/mol. The summed E-state index contributed by atoms with van der Waals surface area (Å²) in [6.45, 7) is 1.83. The van der Waals surface area contributed by atoms with Gasteiger partial charge in [-0.15, -0.1) is 11.8 Å². The number of carbonyl (C=O) groups excluding carboxylic acids is 1. The third-order valence-corrected chi connectivity index (χ3v) is 4.20. The second-order valence-electron chi connectivity index (χ2n) is 4.94. The zero-order valence-electron chi connectivity index (χ0n) is 13.2. The fraction of sp³-hybridized carbons (Fsp3) is 0.188. The SMILES string of the molecule is CCOC(=O)c1c(N)c2c(SC)nn(-c3ccccc3)c2[nH]c1=O. The summed E-state index contributed by atoms with van der Waals surface area (Å²) in [4.78, 5) is 27.1. The van der Waals surface area contributed by atoms with E-state index in [1.54, 1.807) is 11.6 Å². The van der Waals surface area contributed by atoms with Crippen LogP contribution in [0.5, 0.6) is 0 Å². The maximum absolute atomic E-state index is 12.4. The molecule has 0 atom stereocenters. The molecule has 0 amide bonds. The number of aromatic amines is 1. The van der Waals surface area contributed by atoms with Crippen LogP contribution >= 0.6 is 11.8 Å². The van der Waals surface area contributed by atoms with Gasteiger partial charge in [0.1, 0.15) is 16.2 Å². The summed E-state index contributed by atoms with van der Waals surface area (Å²) in [6.07, 6.45) is 1.85. The number of nitrogens with zero attached hydrogens (tertiary/aromatic N) is 2. The summed E-state index contributed by atoms with van der Waals surface area (Å²) in [6, 6.07) is 9.36. The normalized spacial score (nSPS) is 10.9. The highest BCUT2D eigenvalue weighted by molar-refractivity contribution is 7.98. The summed E-state index contributed by atoms with van der Waals surface area (Å²) >= 11 is 1.38. The molecule has 0 unspecified atom stereocenters. The number of ether oxygens (including phenoxy) is 1. The van der Waals surface area contributed by atoms with Gasteiger partial charge in [0, 0.05) is 0 Å². The molecule has 3 rings (SSSR count). The second kappa shape index (κ2) is 6.40. The third kappa shape index (κ3) is 2.54. The zero-order chi connectivity index (χ0) is 17.3. The first-order valence-electron chi connectivity index (χ1n) is 7.29. The van der Waals surface area contributed by atoms with E-state index in [0.29, 0.717) is 16.1 Å². The molecule has 7 nitrogen and oxygen atoms in total. The summed E-state index contributed by atoms with van der Waals surface area (Å²) < 4.78 is 6.54. The van der Waals surface area contributed by atoms with Crippen LogP contribution in [0.15, 0.2) is 40.2 Å². The largest absolute Gasteiger partial charge is 0.462 e. The van der Waals surface area contributed by atoms with Gasteiger partial charge in [0.05, 0.1) is 23.4 Å². The van der Waals surface area contributed by atoms with E-state index >= 15 is 0 Å². The maximum Gasteiger partial charge on any atom is 0.345 e. The van der Waals surface area contributed by atoms with Crippen molar-refractivity contribution in [3.8, 4) is 5.69 Å². The van der Waals surface area contributed by atoms with Crippen LogP contribution in [0.4, 0.5) is 5.69 Å². The van der Waals surface area contributed by atoms with Crippen LogP contribution < -0.4 is 11.3 Å². The Kier molecular flexibility index (Phi) is 4.30. The van der Waals surface area contributed by atoms with E-state index in [2.05, 4.69) is 10.1 Å². The fourth-order valence-corrected chi connectivity index (χ4v) is 3.05. The molecule has 0 radical (unpaired) electrons. The molecule has 0 saturated carbocycles. The minimum absolute atomic E-state index is 0.0822. The van der Waals surface area contributed by atoms with Gasteiger partial charge in [0.25, 0.3) is 5.56 Å². The van der Waals surface area contributed by atoms with Crippen molar-refractivity contribution in [3.63, 3.8) is 0 Å². The van der Waals surface area contributed by atoms with Crippen LogP contribution in [0, 0.1) is 0 Å². The lowest BCUT2D eigenvalue weighted by Crippen LogP contribution is -2.22. The van der Waals surface area contributed by atoms with Crippen molar-refractivity contribution < 1.29 is 9.53 Å². The number of benzene rings is 1. The Morgan fingerprint density at radius 2 is 2.08 bits per heavy atom. The number of hydrogen-bond donors (Lipinski definition) is 2. The van der Waals surface area contributed by atoms with Gasteiger partial charge in [-0.1, -0.05) is 18.2 Å². The van der Waals surface area contributed by atoms with Crippen molar-refractivity contribution in [3.05, 3.63) is 46.2 Å². The summed E-state index contributed by atoms with van der Waals surface area (Å²) in [7, 11) is 0. The lowest BCUT2D eigenvalue weighted by molar-refractivity contribution is 0.0526. The maximum atomic E-state index is 12.4. The van der Waals surface area contributed by atoms with Crippen molar-refractivity contribution in [1.82, 2.24) is 14.8 Å². The quantitative estimate of drug-likeness (QED) is 0.555. The van der Waals surface area contributed by atoms with Gasteiger partial charge in [-0.3, -0.25) is 4.79 Å². The molecule has 0 aliphatic carbocycles. The summed E-state index contributed by atoms with van der Waals surface area (Å²) in [5.74, 6) is -0.738. The lowest BCUT2D eigenvalue weighted by atomic mass is 10.2. The standard InChI is InChI=1S/C16H16N4O3S/c1-3-23-16(22)11-12(17)10-13(18-14(11)21)20(19-15(10)24-2)9-7-5-4-6-8-9/h4-8H,3H2,1-2H3,(H3,17,18,21). The topological polar surface area (TPSA) is 103 Å². The van der Waals surface area contributed by atoms with E-state index < -0.39 is 11.5 Å². The first-order valence-corrected chi connectivity index (χ1v) is 8.52. The van der Waals surface area contributed by atoms with Crippen LogP contribution in [-0.4, -0.2) is 33.6 Å². The number of aromatic nitrogens is 3. The number of rotatable bonds is 4. The molecule has 0 spiro atoms. The fourth-order valence-electron chi connectivity index (χ4n) is 2.48. The number of hydrogen-bond acceptors (Lipinski definition) is 6. The summed E-state index contributed by atoms with van der Waals surface area (Å²) in [5, 5.41) is 5.66. The highest BCUT2D eigenvalue weighted by atomic mass is 32.2. The van der Waals surface area contributed by atoms with Crippen LogP contribution in [-0.2, 0) is 4.74 Å². The molecule has 0 bridgehead atoms. The van der Waals surface area contributed by atoms with Gasteiger partial charge in [0.2, 0.25) is 0 Å². The van der Waals surface area contributed by atoms with Crippen LogP contribution in [0.1, 0.15) is 17.3 Å². The number of pyridine rings is 1. The minimum Gasteiger partial charge on any atom is -0.462 e. The third-order valence-electron chi connectivity index (χ3n) is 3.52. The number of nitrogens with two attached hydrogens (primary N) is 1. The zero-order valence-corrected chi connectivity index (χ0v) is 14.0. The molecule has 0 aliphatic heterocycles. The molecular weight excluding hydrogens is 328 g/mol. The molecule has 0 saturated heterocycles. The highest BCUT2D eigenvalue weighted by Crippen LogP contribution is 2.31. The number of nitrogens with one attached hydrogen (secondary N) is 1. The Labute approximate surface area is 141 Å². The number of fused-ring (bicyclic) bond motifs is 1. The molecular formula is C16H16N4O3S. The lowest BCUT2D eigenvalue weighted by Gasteiger charge is -2.07. The van der Waals surface area contributed by atoms with Crippen molar-refractivity contribution in [2.24, 2.45) is 0 Å². The number of anilines is 1. The van der Waals surface area contributed by atoms with Gasteiger partial charge in [-0.05, 0) is 25.3 Å². The molecule has 2 heterocycles. The van der Waals surface area contributed by atoms with Gasteiger partial charge >= 0.3 is 5.97 Å². The van der Waals surface area contributed by atoms with Crippen molar-refractivity contribution in [1.29, 1.82) is 0 Å². The van der Waals surface area contributed by atoms with Crippen LogP contribution in [0.25, 0.3) is 16.7 Å². The van der Waals surface area contributed by atoms with E-state index in [1.165, 1.54) is 11.8 Å². The van der Waals surface area contributed by atoms with E-state index in [-0.39, 0.29) is 17.9 Å².